The minimum Gasteiger partial charge on any atom is -0.493 e. The first-order valence-corrected chi connectivity index (χ1v) is 7.99. The predicted molar refractivity (Wildman–Crippen MR) is 93.2 cm³/mol. The minimum absolute atomic E-state index is 0.121. The summed E-state index contributed by atoms with van der Waals surface area (Å²) in [5.41, 5.74) is 1.22. The van der Waals surface area contributed by atoms with E-state index in [1.807, 2.05) is 25.1 Å². The number of rotatable bonds is 7. The van der Waals surface area contributed by atoms with Crippen LogP contribution in [0.25, 0.3) is 0 Å². The quantitative estimate of drug-likeness (QED) is 0.810. The summed E-state index contributed by atoms with van der Waals surface area (Å²) in [5, 5.41) is 5.89. The molecule has 5 nitrogen and oxygen atoms in total. The standard InChI is InChI=1S/C18H19ClN2O3/c1-2-24-16-10-6-4-8-14(16)18(23)21-12-17(22)20-11-13-7-3-5-9-15(13)19/h3-10H,2,11-12H2,1H3,(H,20,22)(H,21,23). The van der Waals surface area contributed by atoms with Crippen molar-refractivity contribution < 1.29 is 14.3 Å². The van der Waals surface area contributed by atoms with Crippen LogP contribution in [0, 0.1) is 0 Å². The van der Waals surface area contributed by atoms with Crippen LogP contribution in [0.15, 0.2) is 48.5 Å². The lowest BCUT2D eigenvalue weighted by atomic mass is 10.2. The van der Waals surface area contributed by atoms with Crippen LogP contribution in [0.3, 0.4) is 0 Å². The first-order valence-electron chi connectivity index (χ1n) is 7.62. The normalized spacial score (nSPS) is 10.1. The Hall–Kier alpha value is -2.53. The third kappa shape index (κ3) is 4.99. The average Bonchev–Trinajstić information content (AvgIpc) is 2.60. The topological polar surface area (TPSA) is 67.4 Å². The van der Waals surface area contributed by atoms with Gasteiger partial charge < -0.3 is 15.4 Å². The zero-order valence-corrected chi connectivity index (χ0v) is 14.1. The number of amides is 2. The lowest BCUT2D eigenvalue weighted by molar-refractivity contribution is -0.120. The Kier molecular flexibility index (Phi) is 6.63. The highest BCUT2D eigenvalue weighted by molar-refractivity contribution is 6.31. The molecule has 0 aliphatic heterocycles. The molecule has 0 atom stereocenters. The van der Waals surface area contributed by atoms with Crippen LogP contribution in [0.5, 0.6) is 5.75 Å². The Bertz CT molecular complexity index is 719. The van der Waals surface area contributed by atoms with Crippen molar-refractivity contribution in [1.82, 2.24) is 10.6 Å². The third-order valence-corrected chi connectivity index (χ3v) is 3.64. The van der Waals surface area contributed by atoms with Crippen molar-refractivity contribution in [1.29, 1.82) is 0 Å². The maximum absolute atomic E-state index is 12.2. The highest BCUT2D eigenvalue weighted by atomic mass is 35.5. The van der Waals surface area contributed by atoms with Crippen molar-refractivity contribution in [2.24, 2.45) is 0 Å². The van der Waals surface area contributed by atoms with Crippen LogP contribution < -0.4 is 15.4 Å². The van der Waals surface area contributed by atoms with E-state index in [0.29, 0.717) is 29.5 Å². The molecule has 126 valence electrons. The van der Waals surface area contributed by atoms with Gasteiger partial charge in [0.05, 0.1) is 18.7 Å². The first-order chi connectivity index (χ1) is 11.6. The van der Waals surface area contributed by atoms with Gasteiger partial charge in [-0.05, 0) is 30.7 Å². The Labute approximate surface area is 146 Å². The monoisotopic (exact) mass is 346 g/mol. The van der Waals surface area contributed by atoms with Gasteiger partial charge >= 0.3 is 0 Å². The summed E-state index contributed by atoms with van der Waals surface area (Å²) in [6.07, 6.45) is 0. The van der Waals surface area contributed by atoms with Crippen molar-refractivity contribution in [3.63, 3.8) is 0 Å². The molecule has 0 spiro atoms. The molecule has 2 amide bonds. The molecule has 2 aromatic rings. The molecule has 0 saturated heterocycles. The largest absolute Gasteiger partial charge is 0.493 e. The van der Waals surface area contributed by atoms with Crippen molar-refractivity contribution in [3.05, 3.63) is 64.7 Å². The molecule has 2 rings (SSSR count). The molecule has 0 aliphatic carbocycles. The van der Waals surface area contributed by atoms with Crippen molar-refractivity contribution in [3.8, 4) is 5.75 Å². The van der Waals surface area contributed by atoms with Gasteiger partial charge in [-0.25, -0.2) is 0 Å². The Morgan fingerprint density at radius 1 is 1.04 bits per heavy atom. The van der Waals surface area contributed by atoms with Crippen LogP contribution in [-0.2, 0) is 11.3 Å². The number of ether oxygens (including phenoxy) is 1. The minimum atomic E-state index is -0.355. The van der Waals surface area contributed by atoms with E-state index in [9.17, 15) is 9.59 Å². The zero-order valence-electron chi connectivity index (χ0n) is 13.3. The van der Waals surface area contributed by atoms with Gasteiger partial charge in [-0.15, -0.1) is 0 Å². The molecule has 0 aromatic heterocycles. The SMILES string of the molecule is CCOc1ccccc1C(=O)NCC(=O)NCc1ccccc1Cl. The lowest BCUT2D eigenvalue weighted by Gasteiger charge is -2.11. The first kappa shape index (κ1) is 17.8. The number of hydrogen-bond donors (Lipinski definition) is 2. The van der Waals surface area contributed by atoms with Gasteiger partial charge in [-0.2, -0.15) is 0 Å². The highest BCUT2D eigenvalue weighted by Crippen LogP contribution is 2.17. The predicted octanol–water partition coefficient (Wildman–Crippen LogP) is 2.78. The van der Waals surface area contributed by atoms with E-state index in [0.717, 1.165) is 5.56 Å². The second-order valence-corrected chi connectivity index (χ2v) is 5.39. The fourth-order valence-corrected chi connectivity index (χ4v) is 2.29. The summed E-state index contributed by atoms with van der Waals surface area (Å²) >= 11 is 6.03. The molecule has 0 bridgehead atoms. The van der Waals surface area contributed by atoms with Gasteiger partial charge in [0.1, 0.15) is 5.75 Å². The van der Waals surface area contributed by atoms with Gasteiger partial charge in [0, 0.05) is 11.6 Å². The highest BCUT2D eigenvalue weighted by Gasteiger charge is 2.13. The number of carbonyl (C=O) groups is 2. The third-order valence-electron chi connectivity index (χ3n) is 3.27. The summed E-state index contributed by atoms with van der Waals surface area (Å²) in [6.45, 7) is 2.49. The maximum Gasteiger partial charge on any atom is 0.255 e. The molecule has 2 N–H and O–H groups in total. The number of nitrogens with one attached hydrogen (secondary N) is 2. The summed E-state index contributed by atoms with van der Waals surface area (Å²) < 4.78 is 5.41. The van der Waals surface area contributed by atoms with E-state index in [-0.39, 0.29) is 18.4 Å². The molecular weight excluding hydrogens is 328 g/mol. The van der Waals surface area contributed by atoms with Crippen LogP contribution in [0.2, 0.25) is 5.02 Å². The van der Waals surface area contributed by atoms with Crippen molar-refractivity contribution in [2.45, 2.75) is 13.5 Å². The van der Waals surface area contributed by atoms with Crippen LogP contribution in [0.4, 0.5) is 0 Å². The zero-order chi connectivity index (χ0) is 17.4. The van der Waals surface area contributed by atoms with Crippen LogP contribution in [-0.4, -0.2) is 25.0 Å². The number of para-hydroxylation sites is 1. The van der Waals surface area contributed by atoms with E-state index >= 15 is 0 Å². The summed E-state index contributed by atoms with van der Waals surface area (Å²) in [5.74, 6) is -0.155. The summed E-state index contributed by atoms with van der Waals surface area (Å²) in [6, 6.07) is 14.2. The number of halogens is 1. The molecule has 0 fully saturated rings. The second kappa shape index (κ2) is 8.93. The molecule has 0 radical (unpaired) electrons. The molecule has 0 saturated carbocycles. The second-order valence-electron chi connectivity index (χ2n) is 4.98. The molecule has 0 heterocycles. The van der Waals surface area contributed by atoms with Crippen molar-refractivity contribution >= 4 is 23.4 Å². The molecule has 2 aromatic carbocycles. The summed E-state index contributed by atoms with van der Waals surface area (Å²) in [4.78, 5) is 24.1. The number of hydrogen-bond acceptors (Lipinski definition) is 3. The van der Waals surface area contributed by atoms with Gasteiger partial charge in [0.25, 0.3) is 5.91 Å². The maximum atomic E-state index is 12.2. The fraction of sp³-hybridized carbons (Fsp3) is 0.222. The van der Waals surface area contributed by atoms with Gasteiger partial charge in [-0.1, -0.05) is 41.9 Å². The molecule has 24 heavy (non-hydrogen) atoms. The van der Waals surface area contributed by atoms with Crippen LogP contribution >= 0.6 is 11.6 Å². The van der Waals surface area contributed by atoms with E-state index < -0.39 is 0 Å². The van der Waals surface area contributed by atoms with E-state index in [2.05, 4.69) is 10.6 Å². The van der Waals surface area contributed by atoms with Crippen LogP contribution in [0.1, 0.15) is 22.8 Å². The Balaban J connectivity index is 1.85. The average molecular weight is 347 g/mol. The number of carbonyl (C=O) groups excluding carboxylic acids is 2. The molecular formula is C18H19ClN2O3. The van der Waals surface area contributed by atoms with E-state index in [1.54, 1.807) is 30.3 Å². The van der Waals surface area contributed by atoms with E-state index in [1.165, 1.54) is 0 Å². The summed E-state index contributed by atoms with van der Waals surface area (Å²) in [7, 11) is 0. The Morgan fingerprint density at radius 2 is 1.75 bits per heavy atom. The smallest absolute Gasteiger partial charge is 0.255 e. The van der Waals surface area contributed by atoms with Gasteiger partial charge in [0.15, 0.2) is 0 Å². The molecule has 6 heteroatoms. The van der Waals surface area contributed by atoms with Gasteiger partial charge in [-0.3, -0.25) is 9.59 Å². The van der Waals surface area contributed by atoms with E-state index in [4.69, 9.17) is 16.3 Å². The van der Waals surface area contributed by atoms with Gasteiger partial charge in [0.2, 0.25) is 5.91 Å². The molecule has 0 unspecified atom stereocenters. The fourth-order valence-electron chi connectivity index (χ4n) is 2.09. The lowest BCUT2D eigenvalue weighted by Crippen LogP contribution is -2.36. The van der Waals surface area contributed by atoms with Crippen molar-refractivity contribution in [2.75, 3.05) is 13.2 Å². The Morgan fingerprint density at radius 3 is 2.50 bits per heavy atom. The molecule has 0 aliphatic rings. The number of benzene rings is 2.